The highest BCUT2D eigenvalue weighted by Crippen LogP contribution is 2.30. The van der Waals surface area contributed by atoms with Gasteiger partial charge in [0.2, 0.25) is 0 Å². The number of H-pyrrole nitrogens is 1. The highest BCUT2D eigenvalue weighted by molar-refractivity contribution is 5.74. The van der Waals surface area contributed by atoms with Crippen LogP contribution < -0.4 is 0 Å². The Morgan fingerprint density at radius 3 is 2.42 bits per heavy atom. The van der Waals surface area contributed by atoms with Crippen LogP contribution >= 0.6 is 0 Å². The molecular weight excluding hydrogens is 257 g/mol. The standard InChI is InChI=1S/C12H7F3N4/c13-12(14,15)8-3-1-7(2-4-8)10-18-9-5-16-6-17-11(9)19-10/h1-6H,(H,16,17,18,19). The minimum atomic E-state index is -4.34. The Morgan fingerprint density at radius 1 is 1.05 bits per heavy atom. The summed E-state index contributed by atoms with van der Waals surface area (Å²) in [7, 11) is 0. The van der Waals surface area contributed by atoms with E-state index >= 15 is 0 Å². The van der Waals surface area contributed by atoms with Gasteiger partial charge in [0.15, 0.2) is 5.65 Å². The predicted octanol–water partition coefficient (Wildman–Crippen LogP) is 3.04. The number of aromatic nitrogens is 4. The molecule has 0 amide bonds. The van der Waals surface area contributed by atoms with Crippen molar-refractivity contribution in [2.24, 2.45) is 0 Å². The van der Waals surface area contributed by atoms with Crippen molar-refractivity contribution in [3.63, 3.8) is 0 Å². The van der Waals surface area contributed by atoms with Gasteiger partial charge in [-0.25, -0.2) is 15.0 Å². The monoisotopic (exact) mass is 264 g/mol. The molecule has 0 aliphatic heterocycles. The van der Waals surface area contributed by atoms with E-state index in [4.69, 9.17) is 0 Å². The number of benzene rings is 1. The van der Waals surface area contributed by atoms with Gasteiger partial charge in [0.1, 0.15) is 17.7 Å². The fraction of sp³-hybridized carbons (Fsp3) is 0.0833. The average Bonchev–Trinajstić information content (AvgIpc) is 2.81. The zero-order valence-corrected chi connectivity index (χ0v) is 9.44. The lowest BCUT2D eigenvalue weighted by atomic mass is 10.1. The maximum atomic E-state index is 12.4. The fourth-order valence-corrected chi connectivity index (χ4v) is 1.72. The largest absolute Gasteiger partial charge is 0.416 e. The average molecular weight is 264 g/mol. The van der Waals surface area contributed by atoms with E-state index in [1.54, 1.807) is 6.20 Å². The third kappa shape index (κ3) is 2.14. The number of hydrogen-bond acceptors (Lipinski definition) is 3. The fourth-order valence-electron chi connectivity index (χ4n) is 1.72. The molecule has 4 nitrogen and oxygen atoms in total. The number of imidazole rings is 1. The van der Waals surface area contributed by atoms with E-state index in [2.05, 4.69) is 19.9 Å². The molecule has 1 N–H and O–H groups in total. The van der Waals surface area contributed by atoms with Gasteiger partial charge >= 0.3 is 6.18 Å². The highest BCUT2D eigenvalue weighted by Gasteiger charge is 2.30. The molecule has 0 radical (unpaired) electrons. The molecule has 0 saturated carbocycles. The predicted molar refractivity (Wildman–Crippen MR) is 62.1 cm³/mol. The van der Waals surface area contributed by atoms with Crippen molar-refractivity contribution in [1.29, 1.82) is 0 Å². The van der Waals surface area contributed by atoms with Gasteiger partial charge in [0.25, 0.3) is 0 Å². The minimum absolute atomic E-state index is 0.462. The summed E-state index contributed by atoms with van der Waals surface area (Å²) >= 11 is 0. The van der Waals surface area contributed by atoms with Crippen LogP contribution in [-0.4, -0.2) is 19.9 Å². The van der Waals surface area contributed by atoms with E-state index in [9.17, 15) is 13.2 Å². The SMILES string of the molecule is FC(F)(F)c1ccc(-c2nc3ncncc3[nH]2)cc1. The van der Waals surface area contributed by atoms with Crippen LogP contribution in [0.1, 0.15) is 5.56 Å². The van der Waals surface area contributed by atoms with E-state index in [1.165, 1.54) is 18.5 Å². The number of fused-ring (bicyclic) bond motifs is 1. The van der Waals surface area contributed by atoms with Crippen molar-refractivity contribution in [2.75, 3.05) is 0 Å². The van der Waals surface area contributed by atoms with Crippen LogP contribution in [0.3, 0.4) is 0 Å². The van der Waals surface area contributed by atoms with Crippen LogP contribution in [0.2, 0.25) is 0 Å². The van der Waals surface area contributed by atoms with Gasteiger partial charge in [-0.1, -0.05) is 12.1 Å². The number of nitrogens with one attached hydrogen (secondary N) is 1. The molecule has 0 aliphatic rings. The number of alkyl halides is 3. The first-order chi connectivity index (χ1) is 9.04. The van der Waals surface area contributed by atoms with Gasteiger partial charge in [-0.2, -0.15) is 13.2 Å². The van der Waals surface area contributed by atoms with E-state index in [0.29, 0.717) is 22.6 Å². The molecular formula is C12H7F3N4. The lowest BCUT2D eigenvalue weighted by Crippen LogP contribution is -2.04. The summed E-state index contributed by atoms with van der Waals surface area (Å²) in [6.07, 6.45) is -1.42. The first kappa shape index (κ1) is 11.6. The molecule has 0 aliphatic carbocycles. The Hall–Kier alpha value is -2.44. The van der Waals surface area contributed by atoms with Gasteiger partial charge in [0.05, 0.1) is 11.8 Å². The number of nitrogens with zero attached hydrogens (tertiary/aromatic N) is 3. The molecule has 0 fully saturated rings. The third-order valence-corrected chi connectivity index (χ3v) is 2.65. The van der Waals surface area contributed by atoms with Gasteiger partial charge in [-0.3, -0.25) is 0 Å². The summed E-state index contributed by atoms with van der Waals surface area (Å²) in [5.74, 6) is 0.462. The van der Waals surface area contributed by atoms with E-state index in [1.807, 2.05) is 0 Å². The molecule has 0 saturated heterocycles. The Bertz CT molecular complexity index is 683. The van der Waals surface area contributed by atoms with Crippen molar-refractivity contribution in [3.8, 4) is 11.4 Å². The smallest absolute Gasteiger partial charge is 0.335 e. The summed E-state index contributed by atoms with van der Waals surface area (Å²) in [6, 6.07) is 4.78. The molecule has 2 aromatic heterocycles. The zero-order chi connectivity index (χ0) is 13.5. The molecule has 0 atom stereocenters. The van der Waals surface area contributed by atoms with Crippen molar-refractivity contribution < 1.29 is 13.2 Å². The molecule has 7 heteroatoms. The molecule has 3 aromatic rings. The molecule has 0 unspecified atom stereocenters. The first-order valence-corrected chi connectivity index (χ1v) is 5.37. The Morgan fingerprint density at radius 2 is 1.79 bits per heavy atom. The van der Waals surface area contributed by atoms with Crippen LogP contribution in [0, 0.1) is 0 Å². The summed E-state index contributed by atoms with van der Waals surface area (Å²) in [4.78, 5) is 14.9. The first-order valence-electron chi connectivity index (χ1n) is 5.37. The lowest BCUT2D eigenvalue weighted by molar-refractivity contribution is -0.137. The van der Waals surface area contributed by atoms with Crippen molar-refractivity contribution in [2.45, 2.75) is 6.18 Å². The van der Waals surface area contributed by atoms with Crippen LogP contribution in [0.5, 0.6) is 0 Å². The maximum Gasteiger partial charge on any atom is 0.416 e. The van der Waals surface area contributed by atoms with Crippen molar-refractivity contribution in [1.82, 2.24) is 19.9 Å². The van der Waals surface area contributed by atoms with E-state index in [0.717, 1.165) is 12.1 Å². The second-order valence-electron chi connectivity index (χ2n) is 3.92. The van der Waals surface area contributed by atoms with Crippen LogP contribution in [0.25, 0.3) is 22.6 Å². The quantitative estimate of drug-likeness (QED) is 0.735. The molecule has 2 heterocycles. The Labute approximate surface area is 105 Å². The van der Waals surface area contributed by atoms with Gasteiger partial charge in [-0.15, -0.1) is 0 Å². The molecule has 96 valence electrons. The normalized spacial score (nSPS) is 11.9. The number of hydrogen-bond donors (Lipinski definition) is 1. The molecule has 3 rings (SSSR count). The summed E-state index contributed by atoms with van der Waals surface area (Å²) in [6.45, 7) is 0. The second-order valence-corrected chi connectivity index (χ2v) is 3.92. The van der Waals surface area contributed by atoms with Crippen LogP contribution in [0.4, 0.5) is 13.2 Å². The lowest BCUT2D eigenvalue weighted by Gasteiger charge is -2.06. The molecule has 0 spiro atoms. The van der Waals surface area contributed by atoms with Crippen LogP contribution in [-0.2, 0) is 6.18 Å². The number of halogens is 3. The van der Waals surface area contributed by atoms with Crippen LogP contribution in [0.15, 0.2) is 36.8 Å². The van der Waals surface area contributed by atoms with E-state index in [-0.39, 0.29) is 0 Å². The Kier molecular flexibility index (Phi) is 2.48. The molecule has 1 aromatic carbocycles. The molecule has 0 bridgehead atoms. The van der Waals surface area contributed by atoms with Gasteiger partial charge < -0.3 is 4.98 Å². The maximum absolute atomic E-state index is 12.4. The van der Waals surface area contributed by atoms with Crippen molar-refractivity contribution in [3.05, 3.63) is 42.4 Å². The number of rotatable bonds is 1. The van der Waals surface area contributed by atoms with E-state index < -0.39 is 11.7 Å². The summed E-state index contributed by atoms with van der Waals surface area (Å²) in [5.41, 5.74) is 0.987. The summed E-state index contributed by atoms with van der Waals surface area (Å²) in [5, 5.41) is 0. The van der Waals surface area contributed by atoms with Gasteiger partial charge in [0, 0.05) is 5.56 Å². The topological polar surface area (TPSA) is 54.5 Å². The highest BCUT2D eigenvalue weighted by atomic mass is 19.4. The van der Waals surface area contributed by atoms with Crippen molar-refractivity contribution >= 4 is 11.2 Å². The van der Waals surface area contributed by atoms with Gasteiger partial charge in [-0.05, 0) is 12.1 Å². The minimum Gasteiger partial charge on any atom is -0.335 e. The summed E-state index contributed by atoms with van der Waals surface area (Å²) < 4.78 is 37.3. The zero-order valence-electron chi connectivity index (χ0n) is 9.44. The molecule has 19 heavy (non-hydrogen) atoms. The Balaban J connectivity index is 2.02. The number of aromatic amines is 1. The second kappa shape index (κ2) is 4.04. The third-order valence-electron chi connectivity index (χ3n) is 2.65.